The number of aromatic nitrogens is 2. The van der Waals surface area contributed by atoms with Crippen LogP contribution in [0, 0.1) is 10.1 Å². The molecule has 0 radical (unpaired) electrons. The van der Waals surface area contributed by atoms with Gasteiger partial charge in [0.1, 0.15) is 6.10 Å². The lowest BCUT2D eigenvalue weighted by atomic mass is 10.1. The fourth-order valence-corrected chi connectivity index (χ4v) is 2.13. The number of aromatic amines is 1. The molecule has 94 valence electrons. The van der Waals surface area contributed by atoms with E-state index >= 15 is 0 Å². The summed E-state index contributed by atoms with van der Waals surface area (Å²) in [5, 5.41) is 21.8. The molecule has 7 nitrogen and oxygen atoms in total. The third-order valence-electron chi connectivity index (χ3n) is 3.03. The number of nitrogens with one attached hydrogen (secondary N) is 2. The van der Waals surface area contributed by atoms with Crippen molar-refractivity contribution in [3.63, 3.8) is 0 Å². The highest BCUT2D eigenvalue weighted by molar-refractivity contribution is 5.83. The maximum absolute atomic E-state index is 10.7. The maximum Gasteiger partial charge on any atom is 0.271 e. The van der Waals surface area contributed by atoms with Crippen LogP contribution in [0.25, 0.3) is 10.9 Å². The Balaban J connectivity index is 2.01. The van der Waals surface area contributed by atoms with Crippen LogP contribution < -0.4 is 5.32 Å². The molecule has 1 aliphatic rings. The lowest BCUT2D eigenvalue weighted by Crippen LogP contribution is -2.33. The van der Waals surface area contributed by atoms with Crippen LogP contribution in [0.2, 0.25) is 0 Å². The molecular formula is C11H12N4O3. The van der Waals surface area contributed by atoms with E-state index in [1.54, 1.807) is 6.07 Å². The van der Waals surface area contributed by atoms with Crippen LogP contribution in [0.5, 0.6) is 0 Å². The lowest BCUT2D eigenvalue weighted by molar-refractivity contribution is -0.384. The Kier molecular flexibility index (Phi) is 2.69. The number of benzene rings is 1. The van der Waals surface area contributed by atoms with Crippen LogP contribution in [-0.2, 0) is 4.74 Å². The third-order valence-corrected chi connectivity index (χ3v) is 3.03. The molecular weight excluding hydrogens is 236 g/mol. The zero-order chi connectivity index (χ0) is 12.5. The highest BCUT2D eigenvalue weighted by Crippen LogP contribution is 2.27. The van der Waals surface area contributed by atoms with Crippen molar-refractivity contribution in [3.8, 4) is 0 Å². The quantitative estimate of drug-likeness (QED) is 0.614. The Labute approximate surface area is 102 Å². The molecule has 0 bridgehead atoms. The van der Waals surface area contributed by atoms with Gasteiger partial charge < -0.3 is 10.1 Å². The summed E-state index contributed by atoms with van der Waals surface area (Å²) in [5.41, 5.74) is 1.50. The molecule has 2 N–H and O–H groups in total. The fraction of sp³-hybridized carbons (Fsp3) is 0.364. The van der Waals surface area contributed by atoms with E-state index in [1.165, 1.54) is 12.1 Å². The van der Waals surface area contributed by atoms with E-state index in [1.807, 2.05) is 0 Å². The number of H-pyrrole nitrogens is 1. The topological polar surface area (TPSA) is 93.1 Å². The Morgan fingerprint density at radius 2 is 2.39 bits per heavy atom. The predicted molar refractivity (Wildman–Crippen MR) is 64.3 cm³/mol. The molecule has 2 heterocycles. The van der Waals surface area contributed by atoms with Crippen molar-refractivity contribution >= 4 is 16.6 Å². The van der Waals surface area contributed by atoms with Crippen LogP contribution in [0.3, 0.4) is 0 Å². The van der Waals surface area contributed by atoms with Crippen LogP contribution in [-0.4, -0.2) is 34.8 Å². The number of non-ortho nitro benzene ring substituents is 1. The number of ether oxygens (including phenoxy) is 1. The van der Waals surface area contributed by atoms with Gasteiger partial charge in [-0.1, -0.05) is 0 Å². The predicted octanol–water partition coefficient (Wildman–Crippen LogP) is 1.13. The van der Waals surface area contributed by atoms with Gasteiger partial charge >= 0.3 is 0 Å². The minimum absolute atomic E-state index is 0.0447. The Morgan fingerprint density at radius 3 is 3.11 bits per heavy atom. The Hall–Kier alpha value is -1.99. The van der Waals surface area contributed by atoms with Gasteiger partial charge in [0, 0.05) is 30.6 Å². The molecule has 1 aliphatic heterocycles. The van der Waals surface area contributed by atoms with E-state index < -0.39 is 4.92 Å². The minimum Gasteiger partial charge on any atom is -0.369 e. The molecule has 1 saturated heterocycles. The van der Waals surface area contributed by atoms with Gasteiger partial charge in [-0.05, 0) is 6.07 Å². The molecule has 1 aromatic heterocycles. The van der Waals surface area contributed by atoms with Gasteiger partial charge in [-0.3, -0.25) is 15.2 Å². The molecule has 0 aliphatic carbocycles. The maximum atomic E-state index is 10.7. The first-order valence-electron chi connectivity index (χ1n) is 5.70. The van der Waals surface area contributed by atoms with E-state index in [9.17, 15) is 10.1 Å². The van der Waals surface area contributed by atoms with Gasteiger partial charge in [0.2, 0.25) is 0 Å². The first kappa shape index (κ1) is 11.1. The molecule has 0 saturated carbocycles. The van der Waals surface area contributed by atoms with Crippen molar-refractivity contribution in [1.29, 1.82) is 0 Å². The van der Waals surface area contributed by atoms with Gasteiger partial charge in [-0.2, -0.15) is 5.10 Å². The third kappa shape index (κ3) is 1.83. The number of nitrogens with zero attached hydrogens (tertiary/aromatic N) is 2. The summed E-state index contributed by atoms with van der Waals surface area (Å²) >= 11 is 0. The average molecular weight is 248 g/mol. The van der Waals surface area contributed by atoms with Crippen molar-refractivity contribution in [2.45, 2.75) is 6.10 Å². The number of fused-ring (bicyclic) bond motifs is 1. The monoisotopic (exact) mass is 248 g/mol. The highest BCUT2D eigenvalue weighted by atomic mass is 16.6. The molecule has 3 rings (SSSR count). The van der Waals surface area contributed by atoms with Crippen LogP contribution >= 0.6 is 0 Å². The molecule has 1 fully saturated rings. The van der Waals surface area contributed by atoms with E-state index in [2.05, 4.69) is 15.5 Å². The van der Waals surface area contributed by atoms with E-state index in [4.69, 9.17) is 4.74 Å². The second kappa shape index (κ2) is 4.35. The normalized spacial score (nSPS) is 20.1. The Bertz CT molecular complexity index is 589. The first-order chi connectivity index (χ1) is 8.75. The Morgan fingerprint density at radius 1 is 1.50 bits per heavy atom. The standard InChI is InChI=1S/C11H12N4O3/c16-15(17)7-1-2-8-9(5-7)13-14-11(8)10-6-12-3-4-18-10/h1-2,5,10,12H,3-4,6H2,(H,13,14). The summed E-state index contributed by atoms with van der Waals surface area (Å²) in [7, 11) is 0. The zero-order valence-corrected chi connectivity index (χ0v) is 9.55. The summed E-state index contributed by atoms with van der Waals surface area (Å²) in [5.74, 6) is 0. The molecule has 1 aromatic carbocycles. The van der Waals surface area contributed by atoms with E-state index in [-0.39, 0.29) is 11.8 Å². The number of rotatable bonds is 2. The summed E-state index contributed by atoms with van der Waals surface area (Å²) in [6, 6.07) is 4.66. The summed E-state index contributed by atoms with van der Waals surface area (Å²) in [6.07, 6.45) is -0.0785. The SMILES string of the molecule is O=[N+]([O-])c1ccc2c(C3CNCCO3)[nH]nc2c1. The molecule has 1 atom stereocenters. The van der Waals surface area contributed by atoms with Crippen molar-refractivity contribution in [2.75, 3.05) is 19.7 Å². The fourth-order valence-electron chi connectivity index (χ4n) is 2.13. The summed E-state index contributed by atoms with van der Waals surface area (Å²) in [6.45, 7) is 2.21. The van der Waals surface area contributed by atoms with Gasteiger partial charge in [0.05, 0.1) is 22.7 Å². The average Bonchev–Trinajstić information content (AvgIpc) is 2.82. The van der Waals surface area contributed by atoms with Crippen LogP contribution in [0.4, 0.5) is 5.69 Å². The van der Waals surface area contributed by atoms with Crippen molar-refractivity contribution < 1.29 is 9.66 Å². The van der Waals surface area contributed by atoms with Crippen molar-refractivity contribution in [3.05, 3.63) is 34.0 Å². The zero-order valence-electron chi connectivity index (χ0n) is 9.55. The molecule has 18 heavy (non-hydrogen) atoms. The van der Waals surface area contributed by atoms with Gasteiger partial charge in [-0.15, -0.1) is 0 Å². The molecule has 0 spiro atoms. The number of hydrogen-bond donors (Lipinski definition) is 2. The molecule has 1 unspecified atom stereocenters. The lowest BCUT2D eigenvalue weighted by Gasteiger charge is -2.22. The second-order valence-electron chi connectivity index (χ2n) is 4.16. The molecule has 0 amide bonds. The minimum atomic E-state index is -0.424. The largest absolute Gasteiger partial charge is 0.369 e. The number of hydrogen-bond acceptors (Lipinski definition) is 5. The highest BCUT2D eigenvalue weighted by Gasteiger charge is 2.21. The molecule has 2 aromatic rings. The summed E-state index contributed by atoms with van der Waals surface area (Å²) < 4.78 is 5.64. The van der Waals surface area contributed by atoms with E-state index in [0.717, 1.165) is 17.6 Å². The van der Waals surface area contributed by atoms with E-state index in [0.29, 0.717) is 18.7 Å². The first-order valence-corrected chi connectivity index (χ1v) is 5.70. The number of morpholine rings is 1. The number of nitro benzene ring substituents is 1. The van der Waals surface area contributed by atoms with Crippen LogP contribution in [0.1, 0.15) is 11.8 Å². The summed E-state index contributed by atoms with van der Waals surface area (Å²) in [4.78, 5) is 10.3. The smallest absolute Gasteiger partial charge is 0.271 e. The van der Waals surface area contributed by atoms with Gasteiger partial charge in [0.25, 0.3) is 5.69 Å². The van der Waals surface area contributed by atoms with Gasteiger partial charge in [0.15, 0.2) is 0 Å². The van der Waals surface area contributed by atoms with Crippen molar-refractivity contribution in [2.24, 2.45) is 0 Å². The van der Waals surface area contributed by atoms with Crippen molar-refractivity contribution in [1.82, 2.24) is 15.5 Å². The molecule has 7 heteroatoms. The number of nitro groups is 1. The van der Waals surface area contributed by atoms with Crippen LogP contribution in [0.15, 0.2) is 18.2 Å². The van der Waals surface area contributed by atoms with Gasteiger partial charge in [-0.25, -0.2) is 0 Å². The second-order valence-corrected chi connectivity index (χ2v) is 4.16.